The van der Waals surface area contributed by atoms with E-state index in [2.05, 4.69) is 15.4 Å². The molecule has 0 saturated heterocycles. The average molecular weight is 337 g/mol. The van der Waals surface area contributed by atoms with Crippen molar-refractivity contribution in [2.45, 2.75) is 11.4 Å². The smallest absolute Gasteiger partial charge is 0.225 e. The first-order valence-corrected chi connectivity index (χ1v) is 8.26. The highest BCUT2D eigenvalue weighted by atomic mass is 32.2. The summed E-state index contributed by atoms with van der Waals surface area (Å²) in [6, 6.07) is 17.7. The lowest BCUT2D eigenvalue weighted by atomic mass is 10.1. The molecule has 0 unspecified atom stereocenters. The van der Waals surface area contributed by atoms with Gasteiger partial charge in [-0.05, 0) is 34.9 Å². The topological polar surface area (TPSA) is 67.1 Å². The van der Waals surface area contributed by atoms with Gasteiger partial charge in [0.1, 0.15) is 5.70 Å². The van der Waals surface area contributed by atoms with Crippen molar-refractivity contribution in [3.63, 3.8) is 0 Å². The van der Waals surface area contributed by atoms with Crippen LogP contribution in [-0.2, 0) is 6.54 Å². The monoisotopic (exact) mass is 337 g/mol. The van der Waals surface area contributed by atoms with Gasteiger partial charge in [-0.15, -0.1) is 10.2 Å². The lowest BCUT2D eigenvalue weighted by Crippen LogP contribution is -2.16. The first-order valence-electron chi connectivity index (χ1n) is 7.49. The van der Waals surface area contributed by atoms with Crippen molar-refractivity contribution >= 4 is 23.4 Å². The fourth-order valence-electron chi connectivity index (χ4n) is 2.61. The van der Waals surface area contributed by atoms with Gasteiger partial charge in [-0.3, -0.25) is 0 Å². The van der Waals surface area contributed by atoms with Crippen molar-refractivity contribution in [1.82, 2.24) is 24.5 Å². The number of fused-ring (bicyclic) bond motifs is 1. The van der Waals surface area contributed by atoms with Crippen LogP contribution in [0.25, 0.3) is 11.5 Å². The Kier molecular flexibility index (Phi) is 3.70. The van der Waals surface area contributed by atoms with Gasteiger partial charge in [0.15, 0.2) is 5.76 Å². The molecule has 0 saturated carbocycles. The van der Waals surface area contributed by atoms with Gasteiger partial charge in [0, 0.05) is 17.5 Å². The summed E-state index contributed by atoms with van der Waals surface area (Å²) < 4.78 is 1.86. The maximum absolute atomic E-state index is 10.7. The molecule has 0 aliphatic carbocycles. The van der Waals surface area contributed by atoms with Crippen LogP contribution in [-0.4, -0.2) is 36.7 Å². The molecule has 0 amide bonds. The Hall–Kier alpha value is -2.80. The second-order valence-electron chi connectivity index (χ2n) is 5.41. The molecule has 1 N–H and O–H groups in total. The van der Waals surface area contributed by atoms with Crippen molar-refractivity contribution in [2.24, 2.45) is 0 Å². The Morgan fingerprint density at radius 1 is 1.04 bits per heavy atom. The van der Waals surface area contributed by atoms with Crippen LogP contribution in [0.1, 0.15) is 17.0 Å². The molecule has 0 atom stereocenters. The fourth-order valence-corrected chi connectivity index (χ4v) is 3.57. The van der Waals surface area contributed by atoms with Gasteiger partial charge in [-0.25, -0.2) is 0 Å². The second-order valence-corrected chi connectivity index (χ2v) is 6.58. The van der Waals surface area contributed by atoms with E-state index in [1.165, 1.54) is 16.7 Å². The van der Waals surface area contributed by atoms with Crippen LogP contribution < -0.4 is 0 Å². The summed E-state index contributed by atoms with van der Waals surface area (Å²) in [5.74, 6) is 0.582. The quantitative estimate of drug-likeness (QED) is 0.741. The first-order chi connectivity index (χ1) is 11.7. The predicted octanol–water partition coefficient (Wildman–Crippen LogP) is 3.06. The molecular weight excluding hydrogens is 322 g/mol. The number of aliphatic hydroxyl groups is 1. The Balaban J connectivity index is 1.69. The molecule has 2 aromatic carbocycles. The zero-order valence-corrected chi connectivity index (χ0v) is 13.8. The highest BCUT2D eigenvalue weighted by molar-refractivity contribution is 7.97. The minimum absolute atomic E-state index is 0.172. The molecule has 0 fully saturated rings. The molecule has 0 bridgehead atoms. The SMILES string of the molecule is CN1Sc2ccccc2C(O)=C1c1nnn(Cc2ccccc2)n1. The van der Waals surface area contributed by atoms with Gasteiger partial charge in [-0.1, -0.05) is 42.5 Å². The van der Waals surface area contributed by atoms with E-state index in [1.807, 2.05) is 66.0 Å². The molecule has 7 heteroatoms. The average Bonchev–Trinajstić information content (AvgIpc) is 3.04. The maximum Gasteiger partial charge on any atom is 0.225 e. The van der Waals surface area contributed by atoms with Gasteiger partial charge >= 0.3 is 0 Å². The lowest BCUT2D eigenvalue weighted by Gasteiger charge is -2.26. The summed E-state index contributed by atoms with van der Waals surface area (Å²) in [7, 11) is 1.88. The summed E-state index contributed by atoms with van der Waals surface area (Å²) in [6.45, 7) is 0.537. The summed E-state index contributed by atoms with van der Waals surface area (Å²) in [5, 5.41) is 23.3. The second kappa shape index (κ2) is 6.01. The fraction of sp³-hybridized carbons (Fsp3) is 0.118. The van der Waals surface area contributed by atoms with E-state index in [4.69, 9.17) is 0 Å². The standard InChI is InChI=1S/C17H15N5OS/c1-21-15(16(23)13-9-5-6-10-14(13)24-21)17-18-20-22(19-17)11-12-7-3-2-4-8-12/h2-10,23H,11H2,1H3. The van der Waals surface area contributed by atoms with Crippen LogP contribution in [0.5, 0.6) is 0 Å². The zero-order valence-electron chi connectivity index (χ0n) is 13.0. The summed E-state index contributed by atoms with van der Waals surface area (Å²) in [5.41, 5.74) is 2.45. The summed E-state index contributed by atoms with van der Waals surface area (Å²) in [6.07, 6.45) is 0. The van der Waals surface area contributed by atoms with Crippen LogP contribution in [0.3, 0.4) is 0 Å². The van der Waals surface area contributed by atoms with Gasteiger partial charge in [0.2, 0.25) is 5.82 Å². The van der Waals surface area contributed by atoms with E-state index < -0.39 is 0 Å². The van der Waals surface area contributed by atoms with E-state index in [0.29, 0.717) is 18.1 Å². The molecule has 24 heavy (non-hydrogen) atoms. The van der Waals surface area contributed by atoms with Crippen molar-refractivity contribution < 1.29 is 5.11 Å². The highest BCUT2D eigenvalue weighted by Crippen LogP contribution is 2.41. The number of tetrazole rings is 1. The number of nitrogens with zero attached hydrogens (tertiary/aromatic N) is 5. The third-order valence-electron chi connectivity index (χ3n) is 3.75. The van der Waals surface area contributed by atoms with E-state index in [0.717, 1.165) is 16.0 Å². The Morgan fingerprint density at radius 2 is 1.79 bits per heavy atom. The third-order valence-corrected chi connectivity index (χ3v) is 4.76. The number of aliphatic hydroxyl groups excluding tert-OH is 1. The van der Waals surface area contributed by atoms with Gasteiger partial charge in [0.05, 0.1) is 6.54 Å². The van der Waals surface area contributed by atoms with E-state index >= 15 is 0 Å². The minimum Gasteiger partial charge on any atom is -0.505 e. The molecule has 4 rings (SSSR count). The van der Waals surface area contributed by atoms with Crippen LogP contribution >= 0.6 is 11.9 Å². The lowest BCUT2D eigenvalue weighted by molar-refractivity contribution is 0.501. The molecule has 0 radical (unpaired) electrons. The van der Waals surface area contributed by atoms with Crippen LogP contribution in [0, 0.1) is 0 Å². The predicted molar refractivity (Wildman–Crippen MR) is 92.9 cm³/mol. The van der Waals surface area contributed by atoms with Gasteiger partial charge in [-0.2, -0.15) is 4.80 Å². The first kappa shape index (κ1) is 14.8. The van der Waals surface area contributed by atoms with Crippen LogP contribution in [0.4, 0.5) is 0 Å². The van der Waals surface area contributed by atoms with E-state index in [1.54, 1.807) is 0 Å². The molecule has 2 heterocycles. The minimum atomic E-state index is 0.172. The Morgan fingerprint density at radius 3 is 2.62 bits per heavy atom. The number of rotatable bonds is 3. The van der Waals surface area contributed by atoms with Crippen LogP contribution in [0.2, 0.25) is 0 Å². The molecule has 1 aliphatic heterocycles. The van der Waals surface area contributed by atoms with E-state index in [9.17, 15) is 5.11 Å². The normalized spacial score (nSPS) is 14.0. The third kappa shape index (κ3) is 2.63. The molecular formula is C17H15N5OS. The molecule has 1 aromatic heterocycles. The largest absolute Gasteiger partial charge is 0.505 e. The Bertz CT molecular complexity index is 906. The summed E-state index contributed by atoms with van der Waals surface area (Å²) >= 11 is 1.53. The van der Waals surface area contributed by atoms with Gasteiger partial charge in [0.25, 0.3) is 0 Å². The van der Waals surface area contributed by atoms with Gasteiger partial charge < -0.3 is 9.41 Å². The molecule has 3 aromatic rings. The summed E-state index contributed by atoms with van der Waals surface area (Å²) in [4.78, 5) is 2.53. The molecule has 120 valence electrons. The van der Waals surface area contributed by atoms with E-state index in [-0.39, 0.29) is 5.76 Å². The maximum atomic E-state index is 10.7. The van der Waals surface area contributed by atoms with Crippen molar-refractivity contribution in [3.05, 3.63) is 71.5 Å². The molecule has 0 spiro atoms. The highest BCUT2D eigenvalue weighted by Gasteiger charge is 2.27. The van der Waals surface area contributed by atoms with Crippen molar-refractivity contribution in [2.75, 3.05) is 7.05 Å². The molecule has 6 nitrogen and oxygen atoms in total. The van der Waals surface area contributed by atoms with Crippen LogP contribution in [0.15, 0.2) is 59.5 Å². The Labute approximate surface area is 143 Å². The molecule has 1 aliphatic rings. The van der Waals surface area contributed by atoms with Crippen molar-refractivity contribution in [3.8, 4) is 0 Å². The number of aromatic nitrogens is 4. The number of benzene rings is 2. The number of hydrogen-bond acceptors (Lipinski definition) is 6. The number of hydrogen-bond donors (Lipinski definition) is 1. The van der Waals surface area contributed by atoms with Crippen molar-refractivity contribution in [1.29, 1.82) is 0 Å². The zero-order chi connectivity index (χ0) is 16.5.